The number of aryl methyl sites for hydroxylation is 1. The van der Waals surface area contributed by atoms with Gasteiger partial charge in [-0.2, -0.15) is 0 Å². The largest absolute Gasteiger partial charge is 0.454 e. The first-order valence-electron chi connectivity index (χ1n) is 7.73. The molecule has 0 bridgehead atoms. The summed E-state index contributed by atoms with van der Waals surface area (Å²) in [6, 6.07) is 7.07. The molecule has 21 heavy (non-hydrogen) atoms. The number of fused-ring (bicyclic) bond motifs is 1. The lowest BCUT2D eigenvalue weighted by Gasteiger charge is -2.26. The Morgan fingerprint density at radius 3 is 2.67 bits per heavy atom. The molecule has 1 aliphatic rings. The summed E-state index contributed by atoms with van der Waals surface area (Å²) in [7, 11) is 1.76. The predicted molar refractivity (Wildman–Crippen MR) is 84.0 cm³/mol. The number of nitrogens with one attached hydrogen (secondary N) is 1. The van der Waals surface area contributed by atoms with Gasteiger partial charge in [0.05, 0.1) is 6.61 Å². The second kappa shape index (κ2) is 7.66. The molecule has 0 fully saturated rings. The topological polar surface area (TPSA) is 39.7 Å². The van der Waals surface area contributed by atoms with Gasteiger partial charge in [0.2, 0.25) is 6.79 Å². The number of benzene rings is 1. The van der Waals surface area contributed by atoms with Crippen LogP contribution in [-0.4, -0.2) is 32.6 Å². The van der Waals surface area contributed by atoms with Crippen LogP contribution in [0.25, 0.3) is 0 Å². The van der Waals surface area contributed by atoms with Crippen LogP contribution in [0.3, 0.4) is 0 Å². The van der Waals surface area contributed by atoms with Gasteiger partial charge in [-0.05, 0) is 43.4 Å². The van der Waals surface area contributed by atoms with Gasteiger partial charge in [-0.3, -0.25) is 0 Å². The maximum atomic E-state index is 5.42. The first kappa shape index (κ1) is 16.1. The molecule has 2 unspecified atom stereocenters. The molecule has 1 aromatic rings. The van der Waals surface area contributed by atoms with Crippen molar-refractivity contribution in [1.29, 1.82) is 0 Å². The minimum atomic E-state index is 0.337. The summed E-state index contributed by atoms with van der Waals surface area (Å²) in [4.78, 5) is 0. The molecule has 0 aliphatic carbocycles. The number of methoxy groups -OCH3 is 1. The molecule has 0 aromatic heterocycles. The normalized spacial score (nSPS) is 16.2. The van der Waals surface area contributed by atoms with Crippen molar-refractivity contribution in [2.24, 2.45) is 5.92 Å². The van der Waals surface area contributed by atoms with Crippen LogP contribution in [0.15, 0.2) is 18.2 Å². The van der Waals surface area contributed by atoms with Crippen LogP contribution in [0.1, 0.15) is 32.8 Å². The van der Waals surface area contributed by atoms with Gasteiger partial charge in [0.25, 0.3) is 0 Å². The van der Waals surface area contributed by atoms with E-state index in [1.165, 1.54) is 5.56 Å². The molecule has 0 spiro atoms. The van der Waals surface area contributed by atoms with Crippen molar-refractivity contribution < 1.29 is 14.2 Å². The van der Waals surface area contributed by atoms with Crippen LogP contribution in [0.4, 0.5) is 0 Å². The summed E-state index contributed by atoms with van der Waals surface area (Å²) in [6.45, 7) is 7.77. The standard InChI is InChI=1S/C17H27NO3/c1-12(2)15(10-19-4)18-13(3)5-6-14-7-8-16-17(9-14)21-11-20-16/h7-9,12-13,15,18H,5-6,10-11H2,1-4H3. The Hall–Kier alpha value is -1.26. The van der Waals surface area contributed by atoms with Crippen molar-refractivity contribution in [3.8, 4) is 11.5 Å². The van der Waals surface area contributed by atoms with Crippen LogP contribution in [0.2, 0.25) is 0 Å². The fraction of sp³-hybridized carbons (Fsp3) is 0.647. The number of hydrogen-bond donors (Lipinski definition) is 1. The van der Waals surface area contributed by atoms with Crippen LogP contribution in [0, 0.1) is 5.92 Å². The van der Waals surface area contributed by atoms with Crippen molar-refractivity contribution in [2.45, 2.75) is 45.7 Å². The fourth-order valence-corrected chi connectivity index (χ4v) is 2.54. The maximum Gasteiger partial charge on any atom is 0.231 e. The third kappa shape index (κ3) is 4.61. The zero-order valence-electron chi connectivity index (χ0n) is 13.5. The molecule has 0 radical (unpaired) electrons. The summed E-state index contributed by atoms with van der Waals surface area (Å²) in [5, 5.41) is 3.66. The van der Waals surface area contributed by atoms with Crippen molar-refractivity contribution in [1.82, 2.24) is 5.32 Å². The summed E-state index contributed by atoms with van der Waals surface area (Å²) in [6.07, 6.45) is 2.12. The molecule has 2 rings (SSSR count). The Balaban J connectivity index is 1.81. The van der Waals surface area contributed by atoms with Crippen molar-refractivity contribution >= 4 is 0 Å². The number of hydrogen-bond acceptors (Lipinski definition) is 4. The van der Waals surface area contributed by atoms with Gasteiger partial charge in [0.15, 0.2) is 11.5 Å². The van der Waals surface area contributed by atoms with E-state index < -0.39 is 0 Å². The van der Waals surface area contributed by atoms with E-state index in [4.69, 9.17) is 14.2 Å². The number of ether oxygens (including phenoxy) is 3. The molecular formula is C17H27NO3. The smallest absolute Gasteiger partial charge is 0.231 e. The summed E-state index contributed by atoms with van der Waals surface area (Å²) in [5.74, 6) is 2.29. The molecule has 4 heteroatoms. The monoisotopic (exact) mass is 293 g/mol. The van der Waals surface area contributed by atoms with Crippen molar-refractivity contribution in [3.05, 3.63) is 23.8 Å². The molecule has 1 aromatic carbocycles. The highest BCUT2D eigenvalue weighted by atomic mass is 16.7. The zero-order valence-corrected chi connectivity index (χ0v) is 13.5. The van der Waals surface area contributed by atoms with Crippen LogP contribution < -0.4 is 14.8 Å². The Kier molecular flexibility index (Phi) is 5.88. The van der Waals surface area contributed by atoms with Crippen molar-refractivity contribution in [2.75, 3.05) is 20.5 Å². The van der Waals surface area contributed by atoms with E-state index in [9.17, 15) is 0 Å². The minimum absolute atomic E-state index is 0.337. The Morgan fingerprint density at radius 1 is 1.19 bits per heavy atom. The molecule has 1 heterocycles. The Morgan fingerprint density at radius 2 is 1.95 bits per heavy atom. The molecule has 0 amide bonds. The van der Waals surface area contributed by atoms with Crippen LogP contribution in [-0.2, 0) is 11.2 Å². The second-order valence-corrected chi connectivity index (χ2v) is 6.10. The van der Waals surface area contributed by atoms with Crippen molar-refractivity contribution in [3.63, 3.8) is 0 Å². The van der Waals surface area contributed by atoms with Crippen LogP contribution >= 0.6 is 0 Å². The number of rotatable bonds is 8. The highest BCUT2D eigenvalue weighted by Gasteiger charge is 2.16. The SMILES string of the molecule is COCC(NC(C)CCc1ccc2c(c1)OCO2)C(C)C. The van der Waals surface area contributed by atoms with E-state index in [2.05, 4.69) is 38.2 Å². The average molecular weight is 293 g/mol. The van der Waals surface area contributed by atoms with Gasteiger partial charge in [0, 0.05) is 19.2 Å². The zero-order chi connectivity index (χ0) is 15.2. The van der Waals surface area contributed by atoms with Gasteiger partial charge in [-0.25, -0.2) is 0 Å². The van der Waals surface area contributed by atoms with Gasteiger partial charge < -0.3 is 19.5 Å². The summed E-state index contributed by atoms with van der Waals surface area (Å²) < 4.78 is 16.0. The second-order valence-electron chi connectivity index (χ2n) is 6.10. The molecule has 1 N–H and O–H groups in total. The Labute approximate surface area is 127 Å². The molecule has 0 saturated carbocycles. The van der Waals surface area contributed by atoms with E-state index in [0.717, 1.165) is 30.9 Å². The average Bonchev–Trinajstić information content (AvgIpc) is 2.92. The third-order valence-electron chi connectivity index (χ3n) is 3.95. The van der Waals surface area contributed by atoms with Gasteiger partial charge in [0.1, 0.15) is 0 Å². The van der Waals surface area contributed by atoms with E-state index in [-0.39, 0.29) is 0 Å². The third-order valence-corrected chi connectivity index (χ3v) is 3.95. The predicted octanol–water partition coefficient (Wildman–Crippen LogP) is 3.00. The van der Waals surface area contributed by atoms with E-state index >= 15 is 0 Å². The highest BCUT2D eigenvalue weighted by Crippen LogP contribution is 2.32. The Bertz CT molecular complexity index is 448. The van der Waals surface area contributed by atoms with Gasteiger partial charge in [-0.15, -0.1) is 0 Å². The minimum Gasteiger partial charge on any atom is -0.454 e. The van der Waals surface area contributed by atoms with Gasteiger partial charge in [-0.1, -0.05) is 19.9 Å². The first-order chi connectivity index (χ1) is 10.1. The van der Waals surface area contributed by atoms with Gasteiger partial charge >= 0.3 is 0 Å². The maximum absolute atomic E-state index is 5.42. The lowest BCUT2D eigenvalue weighted by atomic mass is 10.0. The molecule has 0 saturated heterocycles. The lowest BCUT2D eigenvalue weighted by Crippen LogP contribution is -2.43. The van der Waals surface area contributed by atoms with E-state index in [1.807, 2.05) is 6.07 Å². The fourth-order valence-electron chi connectivity index (χ4n) is 2.54. The first-order valence-corrected chi connectivity index (χ1v) is 7.73. The lowest BCUT2D eigenvalue weighted by molar-refractivity contribution is 0.140. The van der Waals surface area contributed by atoms with E-state index in [1.54, 1.807) is 7.11 Å². The summed E-state index contributed by atoms with van der Waals surface area (Å²) in [5.41, 5.74) is 1.29. The molecule has 1 aliphatic heterocycles. The molecule has 118 valence electrons. The molecule has 4 nitrogen and oxygen atoms in total. The quantitative estimate of drug-likeness (QED) is 0.800. The molecular weight excluding hydrogens is 266 g/mol. The van der Waals surface area contributed by atoms with Crippen LogP contribution in [0.5, 0.6) is 11.5 Å². The highest BCUT2D eigenvalue weighted by molar-refractivity contribution is 5.44. The molecule has 2 atom stereocenters. The van der Waals surface area contributed by atoms with E-state index in [0.29, 0.717) is 24.8 Å². The summed E-state index contributed by atoms with van der Waals surface area (Å²) >= 11 is 0.